The monoisotopic (exact) mass is 221 g/mol. The van der Waals surface area contributed by atoms with Gasteiger partial charge in [-0.15, -0.1) is 0 Å². The second-order valence-electron chi connectivity index (χ2n) is 3.56. The highest BCUT2D eigenvalue weighted by atomic mass is 16.2. The quantitative estimate of drug-likeness (QED) is 0.531. The molecule has 0 unspecified atom stereocenters. The van der Waals surface area contributed by atoms with Crippen molar-refractivity contribution in [2.45, 2.75) is 5.92 Å². The lowest BCUT2D eigenvalue weighted by Crippen LogP contribution is -2.12. The molecule has 2 rings (SSSR count). The average Bonchev–Trinajstić information content (AvgIpc) is 2.67. The maximum absolute atomic E-state index is 11.5. The normalized spacial score (nSPS) is 14.3. The van der Waals surface area contributed by atoms with E-state index in [0.29, 0.717) is 11.1 Å². The van der Waals surface area contributed by atoms with Crippen molar-refractivity contribution >= 4 is 11.6 Å². The van der Waals surface area contributed by atoms with Gasteiger partial charge in [-0.2, -0.15) is 5.26 Å². The molecule has 0 spiro atoms. The molecule has 0 saturated carbocycles. The van der Waals surface area contributed by atoms with Crippen molar-refractivity contribution in [3.8, 4) is 17.9 Å². The van der Waals surface area contributed by atoms with Gasteiger partial charge in [-0.3, -0.25) is 9.59 Å². The van der Waals surface area contributed by atoms with Gasteiger partial charge in [0.2, 0.25) is 0 Å². The first-order valence-electron chi connectivity index (χ1n) is 4.98. The number of nitrogens with zero attached hydrogens (tertiary/aromatic N) is 1. The molecule has 0 aliphatic heterocycles. The minimum Gasteiger partial charge on any atom is -0.294 e. The van der Waals surface area contributed by atoms with Gasteiger partial charge in [0, 0.05) is 11.5 Å². The molecule has 1 aromatic rings. The number of benzene rings is 1. The highest BCUT2D eigenvalue weighted by Gasteiger charge is 2.29. The summed E-state index contributed by atoms with van der Waals surface area (Å²) in [5, 5.41) is 8.35. The summed E-state index contributed by atoms with van der Waals surface area (Å²) in [6.45, 7) is 0. The number of ketones is 2. The molecule has 0 atom stereocenters. The van der Waals surface area contributed by atoms with E-state index >= 15 is 0 Å². The molecular weight excluding hydrogens is 214 g/mol. The largest absolute Gasteiger partial charge is 0.294 e. The van der Waals surface area contributed by atoms with Crippen LogP contribution >= 0.6 is 0 Å². The van der Waals surface area contributed by atoms with Crippen molar-refractivity contribution in [3.05, 3.63) is 47.5 Å². The molecule has 0 N–H and O–H groups in total. The van der Waals surface area contributed by atoms with Crippen LogP contribution in [0.2, 0.25) is 0 Å². The van der Waals surface area contributed by atoms with E-state index in [1.165, 1.54) is 12.2 Å². The molecule has 3 nitrogen and oxygen atoms in total. The van der Waals surface area contributed by atoms with Crippen LogP contribution in [0.15, 0.2) is 36.4 Å². The molecule has 1 aromatic carbocycles. The smallest absolute Gasteiger partial charge is 0.171 e. The van der Waals surface area contributed by atoms with E-state index in [2.05, 4.69) is 11.8 Å². The Morgan fingerprint density at radius 3 is 2.47 bits per heavy atom. The van der Waals surface area contributed by atoms with E-state index < -0.39 is 5.92 Å². The second-order valence-corrected chi connectivity index (χ2v) is 3.56. The molecule has 80 valence electrons. The number of hydrogen-bond acceptors (Lipinski definition) is 3. The number of hydrogen-bond donors (Lipinski definition) is 0. The Balaban J connectivity index is 2.38. The number of nitriles is 1. The molecule has 0 amide bonds. The van der Waals surface area contributed by atoms with Gasteiger partial charge >= 0.3 is 0 Å². The van der Waals surface area contributed by atoms with Crippen molar-refractivity contribution in [3.63, 3.8) is 0 Å². The van der Waals surface area contributed by atoms with Gasteiger partial charge < -0.3 is 0 Å². The number of carbonyl (C=O) groups excluding carboxylic acids is 2. The zero-order valence-electron chi connectivity index (χ0n) is 8.81. The van der Waals surface area contributed by atoms with Gasteiger partial charge in [-0.25, -0.2) is 0 Å². The molecule has 0 heterocycles. The van der Waals surface area contributed by atoms with Crippen molar-refractivity contribution in [1.82, 2.24) is 0 Å². The molecule has 0 bridgehead atoms. The zero-order chi connectivity index (χ0) is 12.3. The molecule has 0 aromatic heterocycles. The van der Waals surface area contributed by atoms with Crippen molar-refractivity contribution < 1.29 is 9.59 Å². The fourth-order valence-electron chi connectivity index (χ4n) is 1.72. The van der Waals surface area contributed by atoms with Gasteiger partial charge in [-0.05, 0) is 29.8 Å². The van der Waals surface area contributed by atoms with Gasteiger partial charge in [0.15, 0.2) is 17.6 Å². The SMILES string of the molecule is N#CC#Cc1cccc(C2C(=O)C=CC2=O)c1. The van der Waals surface area contributed by atoms with Crippen LogP contribution in [0.1, 0.15) is 17.0 Å². The Morgan fingerprint density at radius 2 is 1.82 bits per heavy atom. The molecule has 0 radical (unpaired) electrons. The standard InChI is InChI=1S/C14H7NO2/c15-8-2-4-10-3-1-5-11(9-10)14-12(16)6-7-13(14)17/h1,3,5-7,9,14H. The van der Waals surface area contributed by atoms with Crippen LogP contribution in [0.4, 0.5) is 0 Å². The molecule has 1 aliphatic rings. The first kappa shape index (κ1) is 10.9. The Hall–Kier alpha value is -2.65. The maximum Gasteiger partial charge on any atom is 0.171 e. The highest BCUT2D eigenvalue weighted by Crippen LogP contribution is 2.24. The van der Waals surface area contributed by atoms with Gasteiger partial charge in [-0.1, -0.05) is 18.1 Å². The molecule has 17 heavy (non-hydrogen) atoms. The van der Waals surface area contributed by atoms with E-state index in [0.717, 1.165) is 0 Å². The summed E-state index contributed by atoms with van der Waals surface area (Å²) in [6.07, 6.45) is 2.58. The van der Waals surface area contributed by atoms with Crippen LogP contribution in [0.3, 0.4) is 0 Å². The minimum absolute atomic E-state index is 0.208. The van der Waals surface area contributed by atoms with Crippen LogP contribution in [0, 0.1) is 23.2 Å². The molecule has 0 saturated heterocycles. The first-order chi connectivity index (χ1) is 8.22. The maximum atomic E-state index is 11.5. The molecular formula is C14H7NO2. The summed E-state index contributed by atoms with van der Waals surface area (Å²) in [7, 11) is 0. The van der Waals surface area contributed by atoms with E-state index in [9.17, 15) is 9.59 Å². The number of carbonyl (C=O) groups is 2. The van der Waals surface area contributed by atoms with Crippen molar-refractivity contribution in [2.24, 2.45) is 0 Å². The zero-order valence-corrected chi connectivity index (χ0v) is 8.81. The first-order valence-corrected chi connectivity index (χ1v) is 4.98. The fourth-order valence-corrected chi connectivity index (χ4v) is 1.72. The third-order valence-corrected chi connectivity index (χ3v) is 2.46. The Labute approximate surface area is 98.4 Å². The van der Waals surface area contributed by atoms with E-state index in [-0.39, 0.29) is 11.6 Å². The van der Waals surface area contributed by atoms with Gasteiger partial charge in [0.1, 0.15) is 5.92 Å². The molecule has 0 fully saturated rings. The topological polar surface area (TPSA) is 57.9 Å². The predicted molar refractivity (Wildman–Crippen MR) is 60.8 cm³/mol. The van der Waals surface area contributed by atoms with Crippen molar-refractivity contribution in [2.75, 3.05) is 0 Å². The summed E-state index contributed by atoms with van der Waals surface area (Å²) in [6, 6.07) is 8.54. The van der Waals surface area contributed by atoms with Crippen LogP contribution < -0.4 is 0 Å². The summed E-state index contributed by atoms with van der Waals surface area (Å²) in [4.78, 5) is 23.0. The average molecular weight is 221 g/mol. The third-order valence-electron chi connectivity index (χ3n) is 2.46. The number of allylic oxidation sites excluding steroid dienone is 2. The summed E-state index contributed by atoms with van der Waals surface area (Å²) in [5.74, 6) is 3.76. The van der Waals surface area contributed by atoms with Crippen LogP contribution in [0.5, 0.6) is 0 Å². The lowest BCUT2D eigenvalue weighted by Gasteiger charge is -2.07. The summed E-state index contributed by atoms with van der Waals surface area (Å²) in [5.41, 5.74) is 1.24. The van der Waals surface area contributed by atoms with Crippen LogP contribution in [0.25, 0.3) is 0 Å². The van der Waals surface area contributed by atoms with E-state index in [1.54, 1.807) is 30.3 Å². The number of rotatable bonds is 1. The van der Waals surface area contributed by atoms with Gasteiger partial charge in [0.05, 0.1) is 0 Å². The van der Waals surface area contributed by atoms with E-state index in [4.69, 9.17) is 5.26 Å². The predicted octanol–water partition coefficient (Wildman–Crippen LogP) is 1.35. The summed E-state index contributed by atoms with van der Waals surface area (Å²) >= 11 is 0. The Kier molecular flexibility index (Phi) is 2.85. The highest BCUT2D eigenvalue weighted by molar-refractivity contribution is 6.22. The van der Waals surface area contributed by atoms with Crippen LogP contribution in [-0.4, -0.2) is 11.6 Å². The van der Waals surface area contributed by atoms with Crippen LogP contribution in [-0.2, 0) is 9.59 Å². The van der Waals surface area contributed by atoms with E-state index in [1.807, 2.05) is 0 Å². The lowest BCUT2D eigenvalue weighted by molar-refractivity contribution is -0.122. The van der Waals surface area contributed by atoms with Gasteiger partial charge in [0.25, 0.3) is 0 Å². The Bertz CT molecular complexity index is 606. The fraction of sp³-hybridized carbons (Fsp3) is 0.0714. The van der Waals surface area contributed by atoms with Crippen molar-refractivity contribution in [1.29, 1.82) is 5.26 Å². The Morgan fingerprint density at radius 1 is 1.12 bits per heavy atom. The summed E-state index contributed by atoms with van der Waals surface area (Å²) < 4.78 is 0. The third kappa shape index (κ3) is 2.14. The minimum atomic E-state index is -0.737. The molecule has 3 heteroatoms. The molecule has 1 aliphatic carbocycles. The lowest BCUT2D eigenvalue weighted by atomic mass is 9.94. The second kappa shape index (κ2) is 4.47.